The van der Waals surface area contributed by atoms with E-state index in [4.69, 9.17) is 0 Å². The van der Waals surface area contributed by atoms with Gasteiger partial charge in [0.25, 0.3) is 5.91 Å². The average molecular weight is 1030 g/mol. The third kappa shape index (κ3) is 13.5. The Kier molecular flexibility index (Phi) is 17.9. The van der Waals surface area contributed by atoms with Crippen LogP contribution in [0.25, 0.3) is 0 Å². The lowest BCUT2D eigenvalue weighted by molar-refractivity contribution is -0.144. The monoisotopic (exact) mass is 1030 g/mol. The molecule has 3 aromatic rings. The Labute approximate surface area is 438 Å². The fourth-order valence-corrected chi connectivity index (χ4v) is 13.7. The van der Waals surface area contributed by atoms with E-state index in [0.717, 1.165) is 55.2 Å². The smallest absolute Gasteiger partial charge is 0.296 e. The SMILES string of the molecule is CN[C@@H](C)C(=O)NC(Cc1ccc(C#CC(=O)NC2C[C@@H](C(=O)NC3CCCc4ccccc43)N(C(=O)[C@@H](NC(=O)[C@H](C)NC)C(C)(C)C)C2)cc1)C(=O)N1C[Si](C)(C)C[C@H]1C(=O)NC1CCCc2ccccc21. The molecule has 2 aliphatic carbocycles. The number of rotatable bonds is 15. The fraction of sp³-hybridized carbons (Fsp3) is 0.526. The van der Waals surface area contributed by atoms with Crippen LogP contribution in [0.2, 0.25) is 19.1 Å². The first-order chi connectivity index (χ1) is 35.2. The number of fused-ring (bicyclic) bond motifs is 2. The third-order valence-electron chi connectivity index (χ3n) is 15.3. The van der Waals surface area contributed by atoms with Crippen molar-refractivity contribution in [2.45, 2.75) is 159 Å². The molecule has 4 aliphatic rings. The van der Waals surface area contributed by atoms with E-state index in [1.54, 1.807) is 57.1 Å². The molecule has 9 atom stereocenters. The summed E-state index contributed by atoms with van der Waals surface area (Å²) in [5.74, 6) is 3.10. The summed E-state index contributed by atoms with van der Waals surface area (Å²) < 4.78 is 0. The molecule has 0 spiro atoms. The topological polar surface area (TPSA) is 210 Å². The van der Waals surface area contributed by atoms with Crippen LogP contribution in [0.4, 0.5) is 0 Å². The zero-order valence-electron chi connectivity index (χ0n) is 44.7. The molecule has 0 saturated carbocycles. The number of carbonyl (C=O) groups is 7. The summed E-state index contributed by atoms with van der Waals surface area (Å²) in [4.78, 5) is 101. The normalized spacial score (nSPS) is 22.5. The Morgan fingerprint density at radius 3 is 1.78 bits per heavy atom. The van der Waals surface area contributed by atoms with Crippen LogP contribution in [0.15, 0.2) is 72.8 Å². The van der Waals surface area contributed by atoms with Gasteiger partial charge in [0.05, 0.1) is 32.2 Å². The first-order valence-electron chi connectivity index (χ1n) is 26.4. The second-order valence-corrected chi connectivity index (χ2v) is 27.7. The van der Waals surface area contributed by atoms with Crippen molar-refractivity contribution >= 4 is 49.4 Å². The summed E-state index contributed by atoms with van der Waals surface area (Å²) in [6, 6.07) is 18.4. The van der Waals surface area contributed by atoms with Crippen LogP contribution in [0.1, 0.15) is 112 Å². The molecule has 4 unspecified atom stereocenters. The van der Waals surface area contributed by atoms with Crippen molar-refractivity contribution in [3.05, 3.63) is 106 Å². The van der Waals surface area contributed by atoms with Gasteiger partial charge in [0.2, 0.25) is 35.4 Å². The van der Waals surface area contributed by atoms with Crippen LogP contribution in [-0.2, 0) is 52.8 Å². The van der Waals surface area contributed by atoms with Crippen molar-refractivity contribution < 1.29 is 33.6 Å². The van der Waals surface area contributed by atoms with E-state index in [1.165, 1.54) is 16.0 Å². The third-order valence-corrected chi connectivity index (χ3v) is 18.0. The molecule has 2 heterocycles. The molecule has 7 rings (SSSR count). The van der Waals surface area contributed by atoms with Crippen LogP contribution >= 0.6 is 0 Å². The molecular weight excluding hydrogens is 951 g/mol. The molecule has 0 radical (unpaired) electrons. The molecule has 16 nitrogen and oxygen atoms in total. The standard InChI is InChI=1S/C57H77N9O7Si/c1-35(58-6)51(68)63-46(55(72)66-34-74(8,9)33-48(66)54(71)62-45-23-15-19-40-17-11-13-21-43(40)45)30-38-26-24-37(25-27-38)28-29-49(67)60-41-31-47(53(70)61-44-22-14-18-39-16-10-12-20-42(39)44)65(32-41)56(73)50(57(3,4)5)64-52(69)36(2)59-7/h10-13,16-17,20-21,24-27,35-36,41,44-48,50,58-59H,14-15,18-19,22-23,30-34H2,1-9H3,(H,60,67)(H,61,70)(H,62,71)(H,63,68)(H,64,69)/t35-,36-,41?,44?,45?,46?,47-,48-,50+/m0/s1. The number of amides is 7. The number of hydrogen-bond acceptors (Lipinski definition) is 9. The van der Waals surface area contributed by atoms with Gasteiger partial charge in [0.1, 0.15) is 24.2 Å². The highest BCUT2D eigenvalue weighted by Gasteiger charge is 2.48. The van der Waals surface area contributed by atoms with Gasteiger partial charge in [-0.25, -0.2) is 0 Å². The number of likely N-dealkylation sites (tertiary alicyclic amines) is 1. The van der Waals surface area contributed by atoms with Gasteiger partial charge in [-0.05, 0) is 124 Å². The van der Waals surface area contributed by atoms with Gasteiger partial charge >= 0.3 is 0 Å². The summed E-state index contributed by atoms with van der Waals surface area (Å²) in [5, 5.41) is 21.2. The largest absolute Gasteiger partial charge is 0.348 e. The van der Waals surface area contributed by atoms with Crippen molar-refractivity contribution in [2.24, 2.45) is 5.41 Å². The minimum atomic E-state index is -2.01. The minimum absolute atomic E-state index is 0.0332. The molecule has 2 saturated heterocycles. The molecule has 0 aromatic heterocycles. The zero-order chi connectivity index (χ0) is 53.5. The Balaban J connectivity index is 1.04. The number of nitrogens with zero attached hydrogens (tertiary/aromatic N) is 2. The van der Waals surface area contributed by atoms with Crippen LogP contribution < -0.4 is 37.2 Å². The number of aryl methyl sites for hydroxylation is 2. The van der Waals surface area contributed by atoms with Crippen molar-refractivity contribution in [2.75, 3.05) is 26.8 Å². The molecule has 396 valence electrons. The highest BCUT2D eigenvalue weighted by molar-refractivity contribution is 6.79. The van der Waals surface area contributed by atoms with E-state index < -0.39 is 67.6 Å². The van der Waals surface area contributed by atoms with E-state index in [2.05, 4.69) is 80.4 Å². The number of likely N-dealkylation sites (N-methyl/N-ethyl adjacent to an activating group) is 2. The number of nitrogens with one attached hydrogen (secondary N) is 7. The van der Waals surface area contributed by atoms with Gasteiger partial charge in [-0.1, -0.05) is 100 Å². The van der Waals surface area contributed by atoms with Crippen LogP contribution in [0.3, 0.4) is 0 Å². The van der Waals surface area contributed by atoms with Gasteiger partial charge in [-0.3, -0.25) is 33.6 Å². The van der Waals surface area contributed by atoms with Gasteiger partial charge in [0.15, 0.2) is 0 Å². The fourth-order valence-electron chi connectivity index (χ4n) is 10.9. The lowest BCUT2D eigenvalue weighted by atomic mass is 9.85. The molecule has 2 aliphatic heterocycles. The van der Waals surface area contributed by atoms with E-state index in [0.29, 0.717) is 17.8 Å². The van der Waals surface area contributed by atoms with E-state index in [-0.39, 0.29) is 61.0 Å². The van der Waals surface area contributed by atoms with E-state index in [9.17, 15) is 33.6 Å². The number of hydrogen-bond donors (Lipinski definition) is 7. The summed E-state index contributed by atoms with van der Waals surface area (Å²) in [5.41, 5.74) is 5.15. The summed E-state index contributed by atoms with van der Waals surface area (Å²) >= 11 is 0. The maximum absolute atomic E-state index is 14.7. The average Bonchev–Trinajstić information content (AvgIpc) is 3.96. The summed E-state index contributed by atoms with van der Waals surface area (Å²) in [7, 11) is 1.33. The van der Waals surface area contributed by atoms with Crippen LogP contribution in [0, 0.1) is 17.3 Å². The molecule has 0 bridgehead atoms. The Morgan fingerprint density at radius 1 is 0.689 bits per heavy atom. The molecule has 3 aromatic carbocycles. The predicted octanol–water partition coefficient (Wildman–Crippen LogP) is 3.74. The minimum Gasteiger partial charge on any atom is -0.348 e. The number of carbonyl (C=O) groups excluding carboxylic acids is 7. The second-order valence-electron chi connectivity index (χ2n) is 22.6. The Bertz CT molecular complexity index is 2640. The first-order valence-corrected chi connectivity index (χ1v) is 29.8. The number of benzene rings is 3. The van der Waals surface area contributed by atoms with Crippen molar-refractivity contribution in [1.82, 2.24) is 47.0 Å². The lowest BCUT2D eigenvalue weighted by Gasteiger charge is -2.36. The predicted molar refractivity (Wildman–Crippen MR) is 288 cm³/mol. The van der Waals surface area contributed by atoms with Gasteiger partial charge < -0.3 is 47.0 Å². The van der Waals surface area contributed by atoms with E-state index >= 15 is 0 Å². The maximum Gasteiger partial charge on any atom is 0.296 e. The zero-order valence-corrected chi connectivity index (χ0v) is 45.7. The highest BCUT2D eigenvalue weighted by Crippen LogP contribution is 2.34. The van der Waals surface area contributed by atoms with Crippen molar-refractivity contribution in [3.63, 3.8) is 0 Å². The Hall–Kier alpha value is -6.35. The second kappa shape index (κ2) is 23.9. The maximum atomic E-state index is 14.7. The first kappa shape index (κ1) is 55.4. The van der Waals surface area contributed by atoms with Gasteiger partial charge in [0, 0.05) is 36.7 Å². The molecule has 74 heavy (non-hydrogen) atoms. The van der Waals surface area contributed by atoms with Crippen LogP contribution in [-0.4, -0.2) is 128 Å². The summed E-state index contributed by atoms with van der Waals surface area (Å²) in [6.45, 7) is 13.4. The van der Waals surface area contributed by atoms with E-state index in [1.807, 2.05) is 51.1 Å². The highest BCUT2D eigenvalue weighted by atomic mass is 28.3. The quantitative estimate of drug-likeness (QED) is 0.0873. The Morgan fingerprint density at radius 2 is 1.23 bits per heavy atom. The molecule has 7 amide bonds. The van der Waals surface area contributed by atoms with Crippen LogP contribution in [0.5, 0.6) is 0 Å². The molecule has 2 fully saturated rings. The summed E-state index contributed by atoms with van der Waals surface area (Å²) in [6.07, 6.45) is 6.13. The van der Waals surface area contributed by atoms with Crippen molar-refractivity contribution in [1.29, 1.82) is 0 Å². The lowest BCUT2D eigenvalue weighted by Crippen LogP contribution is -2.59. The molecule has 7 N–H and O–H groups in total. The van der Waals surface area contributed by atoms with Gasteiger partial charge in [-0.15, -0.1) is 0 Å². The van der Waals surface area contributed by atoms with Crippen molar-refractivity contribution in [3.8, 4) is 11.8 Å². The molecule has 17 heteroatoms. The van der Waals surface area contributed by atoms with Gasteiger partial charge in [-0.2, -0.15) is 0 Å². The molecular formula is C57H77N9O7Si.